The fourth-order valence-corrected chi connectivity index (χ4v) is 2.76. The van der Waals surface area contributed by atoms with Crippen LogP contribution in [0.3, 0.4) is 0 Å². The summed E-state index contributed by atoms with van der Waals surface area (Å²) in [4.78, 5) is 34.2. The lowest BCUT2D eigenvalue weighted by Crippen LogP contribution is -2.50. The molecule has 0 spiro atoms. The lowest BCUT2D eigenvalue weighted by Gasteiger charge is -2.34. The average Bonchev–Trinajstić information content (AvgIpc) is 2.65. The van der Waals surface area contributed by atoms with Crippen LogP contribution in [-0.2, 0) is 4.74 Å². The zero-order valence-electron chi connectivity index (χ0n) is 15.9. The van der Waals surface area contributed by atoms with E-state index in [2.05, 4.69) is 15.2 Å². The maximum absolute atomic E-state index is 12.7. The van der Waals surface area contributed by atoms with Crippen LogP contribution in [0.1, 0.15) is 23.7 Å². The summed E-state index contributed by atoms with van der Waals surface area (Å²) in [6.07, 6.45) is 2.34. The minimum Gasteiger partial charge on any atom is -0.450 e. The monoisotopic (exact) mass is 363 g/mol. The van der Waals surface area contributed by atoms with Crippen LogP contribution >= 0.6 is 0 Å². The normalized spacial score (nSPS) is 14.5. The number of piperazine rings is 1. The Hall–Kier alpha value is -2.35. The van der Waals surface area contributed by atoms with Crippen molar-refractivity contribution in [2.75, 3.05) is 65.3 Å². The number of aromatic nitrogens is 1. The van der Waals surface area contributed by atoms with Gasteiger partial charge >= 0.3 is 6.09 Å². The predicted octanol–water partition coefficient (Wildman–Crippen LogP) is 1.36. The molecular weight excluding hydrogens is 334 g/mol. The van der Waals surface area contributed by atoms with Gasteiger partial charge < -0.3 is 24.8 Å². The SMILES string of the molecule is CCOC(=O)N1CCN(C(=O)c2ccnc(NCCCN(C)C)c2)CC1. The Labute approximate surface area is 155 Å². The van der Waals surface area contributed by atoms with Gasteiger partial charge in [0.05, 0.1) is 6.61 Å². The third-order valence-electron chi connectivity index (χ3n) is 4.19. The molecule has 0 saturated carbocycles. The van der Waals surface area contributed by atoms with E-state index in [0.717, 1.165) is 19.5 Å². The van der Waals surface area contributed by atoms with Crippen molar-refractivity contribution in [1.29, 1.82) is 0 Å². The Morgan fingerprint density at radius 1 is 1.23 bits per heavy atom. The molecular formula is C18H29N5O3. The molecule has 0 unspecified atom stereocenters. The van der Waals surface area contributed by atoms with Crippen molar-refractivity contribution < 1.29 is 14.3 Å². The number of amides is 2. The average molecular weight is 363 g/mol. The Balaban J connectivity index is 1.86. The van der Waals surface area contributed by atoms with E-state index in [1.807, 2.05) is 14.1 Å². The van der Waals surface area contributed by atoms with E-state index in [0.29, 0.717) is 44.2 Å². The van der Waals surface area contributed by atoms with Gasteiger partial charge in [0.1, 0.15) is 5.82 Å². The van der Waals surface area contributed by atoms with Crippen LogP contribution in [0.4, 0.5) is 10.6 Å². The largest absolute Gasteiger partial charge is 0.450 e. The Morgan fingerprint density at radius 2 is 1.92 bits per heavy atom. The predicted molar refractivity (Wildman–Crippen MR) is 100 cm³/mol. The van der Waals surface area contributed by atoms with Crippen LogP contribution in [0.15, 0.2) is 18.3 Å². The summed E-state index contributed by atoms with van der Waals surface area (Å²) in [5, 5.41) is 3.26. The second-order valence-corrected chi connectivity index (χ2v) is 6.49. The summed E-state index contributed by atoms with van der Waals surface area (Å²) in [7, 11) is 4.08. The number of carbonyl (C=O) groups is 2. The number of hydrogen-bond acceptors (Lipinski definition) is 6. The summed E-state index contributed by atoms with van der Waals surface area (Å²) in [5.41, 5.74) is 0.611. The summed E-state index contributed by atoms with van der Waals surface area (Å²) in [6.45, 7) is 5.94. The van der Waals surface area contributed by atoms with Crippen molar-refractivity contribution >= 4 is 17.8 Å². The van der Waals surface area contributed by atoms with Gasteiger partial charge in [0.15, 0.2) is 0 Å². The number of nitrogens with zero attached hydrogens (tertiary/aromatic N) is 4. The quantitative estimate of drug-likeness (QED) is 0.737. The summed E-state index contributed by atoms with van der Waals surface area (Å²) < 4.78 is 5.00. The number of anilines is 1. The van der Waals surface area contributed by atoms with Crippen molar-refractivity contribution in [3.05, 3.63) is 23.9 Å². The Morgan fingerprint density at radius 3 is 2.58 bits per heavy atom. The number of nitrogens with one attached hydrogen (secondary N) is 1. The first-order valence-corrected chi connectivity index (χ1v) is 9.07. The molecule has 1 aliphatic heterocycles. The molecule has 26 heavy (non-hydrogen) atoms. The Kier molecular flexibility index (Phi) is 7.65. The molecule has 2 heterocycles. The molecule has 1 fully saturated rings. The van der Waals surface area contributed by atoms with Gasteiger partial charge in [-0.15, -0.1) is 0 Å². The van der Waals surface area contributed by atoms with Gasteiger partial charge in [-0.1, -0.05) is 0 Å². The van der Waals surface area contributed by atoms with Gasteiger partial charge in [0.2, 0.25) is 0 Å². The number of pyridine rings is 1. The molecule has 2 amide bonds. The van der Waals surface area contributed by atoms with E-state index in [-0.39, 0.29) is 12.0 Å². The second kappa shape index (κ2) is 9.96. The molecule has 1 aromatic heterocycles. The van der Waals surface area contributed by atoms with E-state index in [1.54, 1.807) is 35.1 Å². The molecule has 0 radical (unpaired) electrons. The molecule has 0 atom stereocenters. The van der Waals surface area contributed by atoms with Gasteiger partial charge in [-0.25, -0.2) is 9.78 Å². The van der Waals surface area contributed by atoms with Crippen LogP contribution < -0.4 is 5.32 Å². The van der Waals surface area contributed by atoms with E-state index in [9.17, 15) is 9.59 Å². The molecule has 1 N–H and O–H groups in total. The minimum atomic E-state index is -0.312. The highest BCUT2D eigenvalue weighted by atomic mass is 16.6. The first kappa shape index (κ1) is 20.0. The van der Waals surface area contributed by atoms with Crippen LogP contribution in [-0.4, -0.2) is 91.7 Å². The van der Waals surface area contributed by atoms with Crippen LogP contribution in [0.2, 0.25) is 0 Å². The third kappa shape index (κ3) is 5.87. The molecule has 144 valence electrons. The summed E-state index contributed by atoms with van der Waals surface area (Å²) in [6, 6.07) is 3.51. The first-order chi connectivity index (χ1) is 12.5. The summed E-state index contributed by atoms with van der Waals surface area (Å²) in [5.74, 6) is 0.673. The van der Waals surface area contributed by atoms with Crippen molar-refractivity contribution in [3.63, 3.8) is 0 Å². The second-order valence-electron chi connectivity index (χ2n) is 6.49. The number of rotatable bonds is 7. The molecule has 8 nitrogen and oxygen atoms in total. The molecule has 1 aliphatic rings. The van der Waals surface area contributed by atoms with E-state index in [1.165, 1.54) is 0 Å². The van der Waals surface area contributed by atoms with Gasteiger partial charge in [-0.3, -0.25) is 4.79 Å². The van der Waals surface area contributed by atoms with Crippen molar-refractivity contribution in [1.82, 2.24) is 19.7 Å². The highest BCUT2D eigenvalue weighted by molar-refractivity contribution is 5.95. The van der Waals surface area contributed by atoms with Crippen LogP contribution in [0, 0.1) is 0 Å². The maximum atomic E-state index is 12.7. The number of ether oxygens (including phenoxy) is 1. The summed E-state index contributed by atoms with van der Waals surface area (Å²) >= 11 is 0. The molecule has 2 rings (SSSR count). The molecule has 0 aromatic carbocycles. The topological polar surface area (TPSA) is 78.0 Å². The fourth-order valence-electron chi connectivity index (χ4n) is 2.76. The van der Waals surface area contributed by atoms with Crippen LogP contribution in [0.5, 0.6) is 0 Å². The highest BCUT2D eigenvalue weighted by Gasteiger charge is 2.25. The highest BCUT2D eigenvalue weighted by Crippen LogP contribution is 2.12. The zero-order chi connectivity index (χ0) is 18.9. The van der Waals surface area contributed by atoms with Crippen molar-refractivity contribution in [2.45, 2.75) is 13.3 Å². The van der Waals surface area contributed by atoms with Gasteiger partial charge in [0, 0.05) is 44.5 Å². The Bertz CT molecular complexity index is 600. The molecule has 0 aliphatic carbocycles. The zero-order valence-corrected chi connectivity index (χ0v) is 15.9. The van der Waals surface area contributed by atoms with Crippen molar-refractivity contribution in [3.8, 4) is 0 Å². The number of carbonyl (C=O) groups excluding carboxylic acids is 2. The van der Waals surface area contributed by atoms with Crippen molar-refractivity contribution in [2.24, 2.45) is 0 Å². The van der Waals surface area contributed by atoms with Gasteiger partial charge in [-0.2, -0.15) is 0 Å². The first-order valence-electron chi connectivity index (χ1n) is 9.07. The maximum Gasteiger partial charge on any atom is 0.409 e. The molecule has 1 aromatic rings. The lowest BCUT2D eigenvalue weighted by molar-refractivity contribution is 0.0570. The number of hydrogen-bond donors (Lipinski definition) is 1. The van der Waals surface area contributed by atoms with Gasteiger partial charge in [0.25, 0.3) is 5.91 Å². The molecule has 0 bridgehead atoms. The standard InChI is InChI=1S/C18H29N5O3/c1-4-26-18(25)23-12-10-22(11-13-23)17(24)15-6-8-20-16(14-15)19-7-5-9-21(2)3/h6,8,14H,4-5,7,9-13H2,1-3H3,(H,19,20). The smallest absolute Gasteiger partial charge is 0.409 e. The fraction of sp³-hybridized carbons (Fsp3) is 0.611. The molecule has 8 heteroatoms. The minimum absolute atomic E-state index is 0.0350. The lowest BCUT2D eigenvalue weighted by atomic mass is 10.2. The van der Waals surface area contributed by atoms with E-state index >= 15 is 0 Å². The van der Waals surface area contributed by atoms with E-state index in [4.69, 9.17) is 4.74 Å². The third-order valence-corrected chi connectivity index (χ3v) is 4.19. The van der Waals surface area contributed by atoms with Crippen LogP contribution in [0.25, 0.3) is 0 Å². The van der Waals surface area contributed by atoms with E-state index < -0.39 is 0 Å². The molecule has 1 saturated heterocycles. The van der Waals surface area contributed by atoms with Gasteiger partial charge in [-0.05, 0) is 46.1 Å².